The summed E-state index contributed by atoms with van der Waals surface area (Å²) in [5, 5.41) is 9.94. The molecule has 1 heterocycles. The minimum atomic E-state index is -0.318. The quantitative estimate of drug-likeness (QED) is 0.748. The fraction of sp³-hybridized carbons (Fsp3) is 0.600. The Morgan fingerprint density at radius 3 is 2.83 bits per heavy atom. The second kappa shape index (κ2) is 2.63. The van der Waals surface area contributed by atoms with Crippen molar-refractivity contribution in [3.05, 3.63) is 24.2 Å². The molecule has 1 fully saturated rings. The van der Waals surface area contributed by atoms with E-state index in [-0.39, 0.29) is 11.5 Å². The van der Waals surface area contributed by atoms with Gasteiger partial charge in [-0.2, -0.15) is 0 Å². The molecule has 0 amide bonds. The summed E-state index contributed by atoms with van der Waals surface area (Å²) in [5.41, 5.74) is 1.10. The van der Waals surface area contributed by atoms with E-state index in [0.717, 1.165) is 24.8 Å². The zero-order valence-corrected chi connectivity index (χ0v) is 7.29. The molecular weight excluding hydrogens is 152 g/mol. The van der Waals surface area contributed by atoms with Crippen molar-refractivity contribution in [2.45, 2.75) is 32.3 Å². The second-order valence-electron chi connectivity index (χ2n) is 3.68. The minimum absolute atomic E-state index is 0.171. The van der Waals surface area contributed by atoms with Crippen LogP contribution < -0.4 is 0 Å². The summed E-state index contributed by atoms with van der Waals surface area (Å²) in [4.78, 5) is 0. The lowest BCUT2D eigenvalue weighted by Crippen LogP contribution is -2.11. The molecule has 1 aromatic heterocycles. The molecule has 12 heavy (non-hydrogen) atoms. The maximum atomic E-state index is 9.94. The summed E-state index contributed by atoms with van der Waals surface area (Å²) in [6.07, 6.45) is 6.29. The molecule has 1 aromatic rings. The van der Waals surface area contributed by atoms with Crippen molar-refractivity contribution in [3.63, 3.8) is 0 Å². The Kier molecular flexibility index (Phi) is 1.72. The van der Waals surface area contributed by atoms with E-state index in [1.54, 1.807) is 12.5 Å². The van der Waals surface area contributed by atoms with Gasteiger partial charge in [0.2, 0.25) is 0 Å². The third kappa shape index (κ3) is 1.07. The fourth-order valence-electron chi connectivity index (χ4n) is 1.77. The van der Waals surface area contributed by atoms with Gasteiger partial charge in [0.25, 0.3) is 0 Å². The van der Waals surface area contributed by atoms with Crippen LogP contribution in [0.2, 0.25) is 0 Å². The summed E-state index contributed by atoms with van der Waals surface area (Å²) in [5.74, 6) is 0. The Morgan fingerprint density at radius 2 is 2.42 bits per heavy atom. The number of hydrogen-bond acceptors (Lipinski definition) is 2. The van der Waals surface area contributed by atoms with Crippen LogP contribution in [0.4, 0.5) is 0 Å². The molecule has 1 aliphatic carbocycles. The molecule has 1 N–H and O–H groups in total. The Bertz CT molecular complexity index is 247. The lowest BCUT2D eigenvalue weighted by atomic mass is 9.92. The zero-order chi connectivity index (χ0) is 8.60. The predicted molar refractivity (Wildman–Crippen MR) is 45.6 cm³/mol. The molecule has 0 saturated heterocycles. The van der Waals surface area contributed by atoms with Gasteiger partial charge in [-0.05, 0) is 25.3 Å². The van der Waals surface area contributed by atoms with Crippen molar-refractivity contribution < 1.29 is 9.52 Å². The van der Waals surface area contributed by atoms with Gasteiger partial charge in [-0.3, -0.25) is 0 Å². The van der Waals surface area contributed by atoms with Crippen LogP contribution in [0.1, 0.15) is 37.9 Å². The average Bonchev–Trinajstić information content (AvgIpc) is 2.71. The maximum Gasteiger partial charge on any atom is 0.0960 e. The molecule has 1 unspecified atom stereocenters. The standard InChI is InChI=1S/C10H14O2/c1-2-10(4-5-10)9(11)8-3-6-12-7-8/h3,6-7,9,11H,2,4-5H2,1H3. The lowest BCUT2D eigenvalue weighted by molar-refractivity contribution is 0.0896. The number of hydrogen-bond donors (Lipinski definition) is 1. The van der Waals surface area contributed by atoms with Gasteiger partial charge in [-0.15, -0.1) is 0 Å². The van der Waals surface area contributed by atoms with Gasteiger partial charge in [0.15, 0.2) is 0 Å². The molecule has 2 heteroatoms. The molecular formula is C10H14O2. The highest BCUT2D eigenvalue weighted by atomic mass is 16.3. The smallest absolute Gasteiger partial charge is 0.0960 e. The zero-order valence-electron chi connectivity index (χ0n) is 7.29. The molecule has 0 aromatic carbocycles. The highest BCUT2D eigenvalue weighted by Crippen LogP contribution is 2.57. The summed E-state index contributed by atoms with van der Waals surface area (Å²) in [6, 6.07) is 1.85. The Hall–Kier alpha value is -0.760. The van der Waals surface area contributed by atoms with Gasteiger partial charge in [0.1, 0.15) is 0 Å². The Morgan fingerprint density at radius 1 is 1.67 bits per heavy atom. The van der Waals surface area contributed by atoms with Crippen LogP contribution >= 0.6 is 0 Å². The highest BCUT2D eigenvalue weighted by molar-refractivity contribution is 5.16. The molecule has 0 bridgehead atoms. The molecule has 66 valence electrons. The van der Waals surface area contributed by atoms with Crippen molar-refractivity contribution in [2.75, 3.05) is 0 Å². The van der Waals surface area contributed by atoms with Gasteiger partial charge in [0.05, 0.1) is 18.6 Å². The van der Waals surface area contributed by atoms with Crippen LogP contribution in [0.15, 0.2) is 23.0 Å². The number of rotatable bonds is 3. The van der Waals surface area contributed by atoms with Gasteiger partial charge in [0, 0.05) is 11.0 Å². The summed E-state index contributed by atoms with van der Waals surface area (Å²) in [6.45, 7) is 2.14. The van der Waals surface area contributed by atoms with Crippen LogP contribution in [-0.2, 0) is 0 Å². The topological polar surface area (TPSA) is 33.4 Å². The van der Waals surface area contributed by atoms with Gasteiger partial charge in [-0.1, -0.05) is 6.92 Å². The summed E-state index contributed by atoms with van der Waals surface area (Å²) >= 11 is 0. The van der Waals surface area contributed by atoms with Gasteiger partial charge < -0.3 is 9.52 Å². The third-order valence-corrected chi connectivity index (χ3v) is 3.04. The van der Waals surface area contributed by atoms with E-state index < -0.39 is 0 Å². The molecule has 0 spiro atoms. The molecule has 0 aliphatic heterocycles. The van der Waals surface area contributed by atoms with Gasteiger partial charge in [-0.25, -0.2) is 0 Å². The van der Waals surface area contributed by atoms with E-state index in [1.807, 2.05) is 6.07 Å². The number of aliphatic hydroxyl groups is 1. The van der Waals surface area contributed by atoms with Crippen molar-refractivity contribution in [1.29, 1.82) is 0 Å². The van der Waals surface area contributed by atoms with Crippen molar-refractivity contribution in [2.24, 2.45) is 5.41 Å². The van der Waals surface area contributed by atoms with Crippen LogP contribution in [0, 0.1) is 5.41 Å². The summed E-state index contributed by atoms with van der Waals surface area (Å²) in [7, 11) is 0. The first-order valence-corrected chi connectivity index (χ1v) is 4.49. The second-order valence-corrected chi connectivity index (χ2v) is 3.68. The molecule has 1 aliphatic rings. The van der Waals surface area contributed by atoms with E-state index in [0.29, 0.717) is 0 Å². The first-order chi connectivity index (χ1) is 5.78. The Labute approximate surface area is 72.2 Å². The highest BCUT2D eigenvalue weighted by Gasteiger charge is 2.47. The first-order valence-electron chi connectivity index (χ1n) is 4.49. The van der Waals surface area contributed by atoms with E-state index in [1.165, 1.54) is 0 Å². The lowest BCUT2D eigenvalue weighted by Gasteiger charge is -2.18. The van der Waals surface area contributed by atoms with Gasteiger partial charge >= 0.3 is 0 Å². The minimum Gasteiger partial charge on any atom is -0.472 e. The maximum absolute atomic E-state index is 9.94. The Balaban J connectivity index is 2.15. The molecule has 2 rings (SSSR count). The fourth-order valence-corrected chi connectivity index (χ4v) is 1.77. The van der Waals surface area contributed by atoms with Crippen LogP contribution in [-0.4, -0.2) is 5.11 Å². The molecule has 1 atom stereocenters. The first kappa shape index (κ1) is 7.87. The molecule has 1 saturated carbocycles. The van der Waals surface area contributed by atoms with Crippen molar-refractivity contribution in [1.82, 2.24) is 0 Å². The van der Waals surface area contributed by atoms with Crippen LogP contribution in [0.5, 0.6) is 0 Å². The monoisotopic (exact) mass is 166 g/mol. The SMILES string of the molecule is CCC1(C(O)c2ccoc2)CC1. The van der Waals surface area contributed by atoms with E-state index in [9.17, 15) is 5.11 Å². The summed E-state index contributed by atoms with van der Waals surface area (Å²) < 4.78 is 4.94. The normalized spacial score (nSPS) is 22.2. The van der Waals surface area contributed by atoms with Crippen molar-refractivity contribution >= 4 is 0 Å². The molecule has 2 nitrogen and oxygen atoms in total. The van der Waals surface area contributed by atoms with E-state index in [4.69, 9.17) is 4.42 Å². The number of aliphatic hydroxyl groups excluding tert-OH is 1. The van der Waals surface area contributed by atoms with Crippen molar-refractivity contribution in [3.8, 4) is 0 Å². The van der Waals surface area contributed by atoms with Crippen LogP contribution in [0.25, 0.3) is 0 Å². The molecule has 0 radical (unpaired) electrons. The van der Waals surface area contributed by atoms with E-state index >= 15 is 0 Å². The third-order valence-electron chi connectivity index (χ3n) is 3.04. The largest absolute Gasteiger partial charge is 0.472 e. The average molecular weight is 166 g/mol. The van der Waals surface area contributed by atoms with Crippen LogP contribution in [0.3, 0.4) is 0 Å². The predicted octanol–water partition coefficient (Wildman–Crippen LogP) is 2.50. The van der Waals surface area contributed by atoms with E-state index in [2.05, 4.69) is 6.92 Å². The number of furan rings is 1.